The molecular formula is C20H21N3O. The van der Waals surface area contributed by atoms with E-state index in [9.17, 15) is 4.79 Å². The van der Waals surface area contributed by atoms with Crippen molar-refractivity contribution in [3.63, 3.8) is 0 Å². The predicted octanol–water partition coefficient (Wildman–Crippen LogP) is 3.39. The van der Waals surface area contributed by atoms with E-state index in [2.05, 4.69) is 27.8 Å². The molecule has 0 aliphatic rings. The van der Waals surface area contributed by atoms with Crippen molar-refractivity contribution in [2.24, 2.45) is 0 Å². The largest absolute Gasteiger partial charge is 0.323 e. The van der Waals surface area contributed by atoms with E-state index in [1.54, 1.807) is 6.20 Å². The van der Waals surface area contributed by atoms with Gasteiger partial charge in [-0.1, -0.05) is 48.5 Å². The van der Waals surface area contributed by atoms with Crippen molar-refractivity contribution in [1.82, 2.24) is 10.3 Å². The summed E-state index contributed by atoms with van der Waals surface area (Å²) in [5.41, 5.74) is 2.88. The first-order valence-electron chi connectivity index (χ1n) is 8.13. The van der Waals surface area contributed by atoms with Crippen molar-refractivity contribution in [3.8, 4) is 0 Å². The van der Waals surface area contributed by atoms with Gasteiger partial charge in [-0.3, -0.25) is 9.78 Å². The molecule has 3 rings (SSSR count). The lowest BCUT2D eigenvalue weighted by molar-refractivity contribution is -0.118. The van der Waals surface area contributed by atoms with Crippen LogP contribution < -0.4 is 10.6 Å². The smallest absolute Gasteiger partial charge is 0.241 e. The average molecular weight is 319 g/mol. The molecular weight excluding hydrogens is 298 g/mol. The van der Waals surface area contributed by atoms with Crippen molar-refractivity contribution in [2.45, 2.75) is 18.9 Å². The van der Waals surface area contributed by atoms with Gasteiger partial charge in [0.1, 0.15) is 0 Å². The number of hydrogen-bond donors (Lipinski definition) is 2. The Labute approximate surface area is 141 Å². The van der Waals surface area contributed by atoms with Gasteiger partial charge in [-0.25, -0.2) is 0 Å². The number of aromatic nitrogens is 1. The Balaban J connectivity index is 1.64. The Bertz CT molecular complexity index is 817. The van der Waals surface area contributed by atoms with Crippen molar-refractivity contribution >= 4 is 22.5 Å². The van der Waals surface area contributed by atoms with E-state index in [4.69, 9.17) is 0 Å². The number of aryl methyl sites for hydroxylation is 1. The van der Waals surface area contributed by atoms with Gasteiger partial charge < -0.3 is 10.6 Å². The Hall–Kier alpha value is -2.72. The number of anilines is 1. The number of pyridine rings is 1. The molecule has 4 heteroatoms. The third-order valence-corrected chi connectivity index (χ3v) is 4.09. The van der Waals surface area contributed by atoms with Gasteiger partial charge in [0.2, 0.25) is 5.91 Å². The standard InChI is InChI=1S/C20H21N3O/c1-21-19(12-11-15-7-3-2-4-8-15)20(24)23-17-13-16-9-5-6-10-18(16)22-14-17/h2-10,13-14,19,21H,11-12H2,1H3,(H,23,24)/t19-/m1/s1. The summed E-state index contributed by atoms with van der Waals surface area (Å²) in [6.07, 6.45) is 3.30. The van der Waals surface area contributed by atoms with Gasteiger partial charge in [0.25, 0.3) is 0 Å². The summed E-state index contributed by atoms with van der Waals surface area (Å²) in [6.45, 7) is 0. The maximum Gasteiger partial charge on any atom is 0.241 e. The van der Waals surface area contributed by atoms with Crippen LogP contribution in [-0.4, -0.2) is 24.0 Å². The van der Waals surface area contributed by atoms with Gasteiger partial charge in [0, 0.05) is 5.39 Å². The van der Waals surface area contributed by atoms with Crippen LogP contribution in [0.25, 0.3) is 10.9 Å². The SMILES string of the molecule is CN[C@H](CCc1ccccc1)C(=O)Nc1cnc2ccccc2c1. The third kappa shape index (κ3) is 3.97. The number of hydrogen-bond acceptors (Lipinski definition) is 3. The van der Waals surface area contributed by atoms with E-state index >= 15 is 0 Å². The second-order valence-corrected chi connectivity index (χ2v) is 5.77. The van der Waals surface area contributed by atoms with Crippen LogP contribution in [0.2, 0.25) is 0 Å². The number of amides is 1. The molecule has 1 aromatic heterocycles. The lowest BCUT2D eigenvalue weighted by Gasteiger charge is -2.16. The van der Waals surface area contributed by atoms with Crippen LogP contribution in [0.4, 0.5) is 5.69 Å². The zero-order valence-electron chi connectivity index (χ0n) is 13.7. The number of benzene rings is 2. The molecule has 0 fully saturated rings. The summed E-state index contributed by atoms with van der Waals surface area (Å²) >= 11 is 0. The highest BCUT2D eigenvalue weighted by Gasteiger charge is 2.16. The maximum atomic E-state index is 12.5. The Morgan fingerprint density at radius 3 is 2.62 bits per heavy atom. The zero-order chi connectivity index (χ0) is 16.8. The van der Waals surface area contributed by atoms with Crippen LogP contribution in [0.3, 0.4) is 0 Å². The van der Waals surface area contributed by atoms with E-state index in [-0.39, 0.29) is 11.9 Å². The molecule has 2 N–H and O–H groups in total. The minimum Gasteiger partial charge on any atom is -0.323 e. The number of nitrogens with one attached hydrogen (secondary N) is 2. The maximum absolute atomic E-state index is 12.5. The Morgan fingerprint density at radius 2 is 1.83 bits per heavy atom. The fraction of sp³-hybridized carbons (Fsp3) is 0.200. The van der Waals surface area contributed by atoms with Crippen LogP contribution in [0, 0.1) is 0 Å². The molecule has 0 saturated heterocycles. The van der Waals surface area contributed by atoms with Gasteiger partial charge in [0.05, 0.1) is 23.4 Å². The van der Waals surface area contributed by atoms with Crippen LogP contribution in [0.15, 0.2) is 66.9 Å². The quantitative estimate of drug-likeness (QED) is 0.732. The first-order chi connectivity index (χ1) is 11.8. The Morgan fingerprint density at radius 1 is 1.08 bits per heavy atom. The van der Waals surface area contributed by atoms with Crippen LogP contribution in [0.1, 0.15) is 12.0 Å². The first-order valence-corrected chi connectivity index (χ1v) is 8.13. The van der Waals surface area contributed by atoms with E-state index in [1.165, 1.54) is 5.56 Å². The molecule has 3 aromatic rings. The number of rotatable bonds is 6. The highest BCUT2D eigenvalue weighted by molar-refractivity contribution is 5.96. The van der Waals surface area contributed by atoms with Gasteiger partial charge in [-0.2, -0.15) is 0 Å². The highest BCUT2D eigenvalue weighted by Crippen LogP contribution is 2.16. The highest BCUT2D eigenvalue weighted by atomic mass is 16.2. The lowest BCUT2D eigenvalue weighted by atomic mass is 10.0. The van der Waals surface area contributed by atoms with E-state index in [1.807, 2.05) is 55.6 Å². The summed E-state index contributed by atoms with van der Waals surface area (Å²) in [6, 6.07) is 19.8. The van der Waals surface area contributed by atoms with Crippen LogP contribution in [0.5, 0.6) is 0 Å². The molecule has 0 spiro atoms. The molecule has 4 nitrogen and oxygen atoms in total. The normalized spacial score (nSPS) is 12.0. The third-order valence-electron chi connectivity index (χ3n) is 4.09. The van der Waals surface area contributed by atoms with Crippen molar-refractivity contribution in [3.05, 3.63) is 72.4 Å². The zero-order valence-corrected chi connectivity index (χ0v) is 13.7. The molecule has 1 heterocycles. The van der Waals surface area contributed by atoms with E-state index in [0.29, 0.717) is 0 Å². The number of fused-ring (bicyclic) bond motifs is 1. The van der Waals surface area contributed by atoms with Crippen LogP contribution in [-0.2, 0) is 11.2 Å². The topological polar surface area (TPSA) is 54.0 Å². The molecule has 0 saturated carbocycles. The second kappa shape index (κ2) is 7.70. The molecule has 0 unspecified atom stereocenters. The van der Waals surface area contributed by atoms with Crippen LogP contribution >= 0.6 is 0 Å². The summed E-state index contributed by atoms with van der Waals surface area (Å²) in [5, 5.41) is 7.07. The first kappa shape index (κ1) is 16.1. The fourth-order valence-corrected chi connectivity index (χ4v) is 2.73. The molecule has 2 aromatic carbocycles. The molecule has 0 aliphatic carbocycles. The minimum absolute atomic E-state index is 0.0366. The lowest BCUT2D eigenvalue weighted by Crippen LogP contribution is -2.38. The fourth-order valence-electron chi connectivity index (χ4n) is 2.73. The number of carbonyl (C=O) groups excluding carboxylic acids is 1. The number of carbonyl (C=O) groups is 1. The Kier molecular flexibility index (Phi) is 5.18. The van der Waals surface area contributed by atoms with Gasteiger partial charge in [0.15, 0.2) is 0 Å². The van der Waals surface area contributed by atoms with Gasteiger partial charge >= 0.3 is 0 Å². The molecule has 1 amide bonds. The van der Waals surface area contributed by atoms with Crippen molar-refractivity contribution < 1.29 is 4.79 Å². The molecule has 0 aliphatic heterocycles. The second-order valence-electron chi connectivity index (χ2n) is 5.77. The minimum atomic E-state index is -0.239. The summed E-state index contributed by atoms with van der Waals surface area (Å²) in [7, 11) is 1.81. The molecule has 0 bridgehead atoms. The number of likely N-dealkylation sites (N-methyl/N-ethyl adjacent to an activating group) is 1. The molecule has 24 heavy (non-hydrogen) atoms. The van der Waals surface area contributed by atoms with Gasteiger partial charge in [-0.05, 0) is 37.6 Å². The van der Waals surface area contributed by atoms with E-state index < -0.39 is 0 Å². The summed E-state index contributed by atoms with van der Waals surface area (Å²) in [5.74, 6) is -0.0366. The summed E-state index contributed by atoms with van der Waals surface area (Å²) in [4.78, 5) is 16.9. The molecule has 122 valence electrons. The van der Waals surface area contributed by atoms with Crippen molar-refractivity contribution in [2.75, 3.05) is 12.4 Å². The predicted molar refractivity (Wildman–Crippen MR) is 98.0 cm³/mol. The monoisotopic (exact) mass is 319 g/mol. The van der Waals surface area contributed by atoms with Gasteiger partial charge in [-0.15, -0.1) is 0 Å². The summed E-state index contributed by atoms with van der Waals surface area (Å²) < 4.78 is 0. The number of para-hydroxylation sites is 1. The molecule has 1 atom stereocenters. The average Bonchev–Trinajstić information content (AvgIpc) is 2.63. The van der Waals surface area contributed by atoms with E-state index in [0.717, 1.165) is 29.4 Å². The van der Waals surface area contributed by atoms with Crippen molar-refractivity contribution in [1.29, 1.82) is 0 Å². The molecule has 0 radical (unpaired) electrons. The number of nitrogens with zero attached hydrogens (tertiary/aromatic N) is 1.